The molecule has 2 amide bonds. The number of ether oxygens (including phenoxy) is 1. The number of nitrogens with one attached hydrogen (secondary N) is 1. The Morgan fingerprint density at radius 2 is 2.08 bits per heavy atom. The molecular formula is C22H19F5N4O5. The number of rotatable bonds is 5. The summed E-state index contributed by atoms with van der Waals surface area (Å²) in [5.74, 6) is -4.42. The Morgan fingerprint density at radius 3 is 2.75 bits per heavy atom. The number of likely N-dealkylation sites (tertiary alicyclic amines) is 1. The van der Waals surface area contributed by atoms with E-state index in [9.17, 15) is 31.5 Å². The molecule has 0 saturated carbocycles. The number of amides is 2. The summed E-state index contributed by atoms with van der Waals surface area (Å²) in [7, 11) is 0. The highest BCUT2D eigenvalue weighted by atomic mass is 19.4. The molecule has 3 aromatic rings. The van der Waals surface area contributed by atoms with Gasteiger partial charge in [-0.1, -0.05) is 6.07 Å². The van der Waals surface area contributed by atoms with Crippen LogP contribution < -0.4 is 10.1 Å². The third-order valence-electron chi connectivity index (χ3n) is 5.66. The predicted octanol–water partition coefficient (Wildman–Crippen LogP) is 4.25. The monoisotopic (exact) mass is 514 g/mol. The lowest BCUT2D eigenvalue weighted by Gasteiger charge is -2.37. The molecule has 1 aliphatic heterocycles. The zero-order valence-electron chi connectivity index (χ0n) is 18.6. The Bertz CT molecular complexity index is 1310. The third kappa shape index (κ3) is 5.02. The molecule has 4 rings (SSSR count). The Kier molecular flexibility index (Phi) is 6.45. The molecule has 1 aliphatic rings. The summed E-state index contributed by atoms with van der Waals surface area (Å²) in [5.41, 5.74) is -1.29. The van der Waals surface area contributed by atoms with E-state index in [-0.39, 0.29) is 46.7 Å². The Labute approximate surface area is 199 Å². The Balaban J connectivity index is 1.55. The van der Waals surface area contributed by atoms with Gasteiger partial charge in [-0.05, 0) is 19.4 Å². The van der Waals surface area contributed by atoms with Gasteiger partial charge in [-0.25, -0.2) is 18.6 Å². The van der Waals surface area contributed by atoms with Gasteiger partial charge in [0, 0.05) is 29.8 Å². The van der Waals surface area contributed by atoms with Gasteiger partial charge in [-0.15, -0.1) is 0 Å². The maximum atomic E-state index is 14.5. The van der Waals surface area contributed by atoms with Crippen molar-refractivity contribution in [3.8, 4) is 5.88 Å². The van der Waals surface area contributed by atoms with E-state index in [1.807, 2.05) is 0 Å². The number of piperidine rings is 1. The highest BCUT2D eigenvalue weighted by molar-refractivity contribution is 6.07. The van der Waals surface area contributed by atoms with E-state index in [0.29, 0.717) is 4.90 Å². The quantitative estimate of drug-likeness (QED) is 0.489. The largest absolute Gasteiger partial charge is 0.473 e. The molecule has 1 saturated heterocycles. The lowest BCUT2D eigenvalue weighted by atomic mass is 10.00. The Morgan fingerprint density at radius 1 is 1.33 bits per heavy atom. The van der Waals surface area contributed by atoms with Gasteiger partial charge in [0.15, 0.2) is 11.3 Å². The van der Waals surface area contributed by atoms with E-state index in [1.165, 1.54) is 31.3 Å². The summed E-state index contributed by atoms with van der Waals surface area (Å²) in [4.78, 5) is 31.8. The first-order valence-corrected chi connectivity index (χ1v) is 10.6. The van der Waals surface area contributed by atoms with Crippen LogP contribution in [0.3, 0.4) is 0 Å². The summed E-state index contributed by atoms with van der Waals surface area (Å²) in [5, 5.41) is 11.4. The molecule has 0 spiro atoms. The molecule has 0 radical (unpaired) electrons. The van der Waals surface area contributed by atoms with Crippen LogP contribution in [-0.4, -0.2) is 57.0 Å². The number of halogens is 5. The van der Waals surface area contributed by atoms with Crippen molar-refractivity contribution < 1.29 is 45.8 Å². The second kappa shape index (κ2) is 9.24. The zero-order chi connectivity index (χ0) is 26.3. The summed E-state index contributed by atoms with van der Waals surface area (Å²) in [6, 6.07) is 2.16. The molecule has 9 nitrogen and oxygen atoms in total. The SMILES string of the molecule is Cc1oc2cnc(OCc3cccnc3C(F)(F)F)cc2c1C(=O)N[C@@H]1CCN(C(=O)O)CC1(F)F. The van der Waals surface area contributed by atoms with Crippen molar-refractivity contribution in [1.82, 2.24) is 20.2 Å². The van der Waals surface area contributed by atoms with Crippen molar-refractivity contribution in [2.24, 2.45) is 0 Å². The highest BCUT2D eigenvalue weighted by Gasteiger charge is 2.47. The van der Waals surface area contributed by atoms with Crippen molar-refractivity contribution >= 4 is 23.0 Å². The summed E-state index contributed by atoms with van der Waals surface area (Å²) in [6.07, 6.45) is -4.27. The highest BCUT2D eigenvalue weighted by Crippen LogP contribution is 2.32. The number of pyridine rings is 2. The van der Waals surface area contributed by atoms with Crippen molar-refractivity contribution in [2.75, 3.05) is 13.1 Å². The maximum Gasteiger partial charge on any atom is 0.433 e. The van der Waals surface area contributed by atoms with Gasteiger partial charge in [0.25, 0.3) is 11.8 Å². The minimum atomic E-state index is -4.69. The van der Waals surface area contributed by atoms with Crippen LogP contribution in [0.1, 0.15) is 33.8 Å². The number of carbonyl (C=O) groups is 2. The minimum Gasteiger partial charge on any atom is -0.473 e. The van der Waals surface area contributed by atoms with Crippen LogP contribution in [0.5, 0.6) is 5.88 Å². The lowest BCUT2D eigenvalue weighted by Crippen LogP contribution is -2.59. The van der Waals surface area contributed by atoms with Crippen LogP contribution in [0.15, 0.2) is 35.0 Å². The van der Waals surface area contributed by atoms with Crippen molar-refractivity contribution in [1.29, 1.82) is 0 Å². The molecule has 4 heterocycles. The number of aryl methyl sites for hydroxylation is 1. The average Bonchev–Trinajstić information content (AvgIpc) is 3.13. The molecule has 1 atom stereocenters. The van der Waals surface area contributed by atoms with E-state index in [0.717, 1.165) is 6.20 Å². The van der Waals surface area contributed by atoms with Crippen LogP contribution in [-0.2, 0) is 12.8 Å². The number of alkyl halides is 5. The fraction of sp³-hybridized carbons (Fsp3) is 0.364. The fourth-order valence-electron chi connectivity index (χ4n) is 3.94. The number of furan rings is 1. The number of hydrogen-bond acceptors (Lipinski definition) is 6. The summed E-state index contributed by atoms with van der Waals surface area (Å²) >= 11 is 0. The van der Waals surface area contributed by atoms with E-state index >= 15 is 0 Å². The van der Waals surface area contributed by atoms with E-state index < -0.39 is 49.0 Å². The number of carbonyl (C=O) groups excluding carboxylic acids is 1. The predicted molar refractivity (Wildman–Crippen MR) is 113 cm³/mol. The second-order valence-corrected chi connectivity index (χ2v) is 8.13. The summed E-state index contributed by atoms with van der Waals surface area (Å²) < 4.78 is 79.3. The number of hydrogen-bond donors (Lipinski definition) is 2. The van der Waals surface area contributed by atoms with Gasteiger partial charge in [0.1, 0.15) is 12.4 Å². The second-order valence-electron chi connectivity index (χ2n) is 8.13. The number of fused-ring (bicyclic) bond motifs is 1. The zero-order valence-corrected chi connectivity index (χ0v) is 18.6. The third-order valence-corrected chi connectivity index (χ3v) is 5.66. The minimum absolute atomic E-state index is 0.0777. The average molecular weight is 514 g/mol. The molecule has 0 aliphatic carbocycles. The molecule has 36 heavy (non-hydrogen) atoms. The number of aromatic nitrogens is 2. The van der Waals surface area contributed by atoms with Crippen LogP contribution in [0.2, 0.25) is 0 Å². The van der Waals surface area contributed by atoms with Gasteiger partial charge < -0.3 is 24.5 Å². The molecule has 0 bridgehead atoms. The molecule has 14 heteroatoms. The fourth-order valence-corrected chi connectivity index (χ4v) is 3.94. The van der Waals surface area contributed by atoms with Gasteiger partial charge in [0.05, 0.1) is 24.3 Å². The maximum absolute atomic E-state index is 14.5. The first-order chi connectivity index (χ1) is 16.9. The summed E-state index contributed by atoms with van der Waals surface area (Å²) in [6.45, 7) is -0.328. The normalized spacial score (nSPS) is 17.7. The van der Waals surface area contributed by atoms with Gasteiger partial charge in [0.2, 0.25) is 5.88 Å². The number of nitrogens with zero attached hydrogens (tertiary/aromatic N) is 3. The first kappa shape index (κ1) is 25.1. The molecule has 3 aromatic heterocycles. The molecule has 0 aromatic carbocycles. The van der Waals surface area contributed by atoms with Gasteiger partial charge in [-0.3, -0.25) is 9.78 Å². The lowest BCUT2D eigenvalue weighted by molar-refractivity contribution is -0.142. The topological polar surface area (TPSA) is 118 Å². The van der Waals surface area contributed by atoms with Crippen LogP contribution in [0.25, 0.3) is 11.0 Å². The van der Waals surface area contributed by atoms with Gasteiger partial charge in [-0.2, -0.15) is 13.2 Å². The van der Waals surface area contributed by atoms with Gasteiger partial charge >= 0.3 is 12.3 Å². The molecule has 0 unspecified atom stereocenters. The van der Waals surface area contributed by atoms with Crippen LogP contribution in [0.4, 0.5) is 26.7 Å². The van der Waals surface area contributed by atoms with Crippen LogP contribution >= 0.6 is 0 Å². The van der Waals surface area contributed by atoms with E-state index in [4.69, 9.17) is 14.3 Å². The van der Waals surface area contributed by atoms with Crippen molar-refractivity contribution in [2.45, 2.75) is 38.1 Å². The van der Waals surface area contributed by atoms with Crippen molar-refractivity contribution in [3.05, 3.63) is 53.2 Å². The van der Waals surface area contributed by atoms with Crippen LogP contribution in [0, 0.1) is 6.92 Å². The smallest absolute Gasteiger partial charge is 0.433 e. The van der Waals surface area contributed by atoms with E-state index in [2.05, 4.69) is 15.3 Å². The Hall–Kier alpha value is -3.97. The molecular weight excluding hydrogens is 495 g/mol. The molecule has 2 N–H and O–H groups in total. The number of carboxylic acid groups (broad SMARTS) is 1. The molecule has 192 valence electrons. The van der Waals surface area contributed by atoms with Crippen molar-refractivity contribution in [3.63, 3.8) is 0 Å². The molecule has 1 fully saturated rings. The standard InChI is InChI=1S/C22H19F5N4O5/c1-11-17(19(32)30-15-4-6-31(20(33)34)10-21(15,23)24)13-7-16(29-8-14(13)36-11)35-9-12-3-2-5-28-18(12)22(25,26)27/h2-3,5,7-8,15H,4,6,9-10H2,1H3,(H,30,32)(H,33,34)/t15-/m1/s1. The first-order valence-electron chi connectivity index (χ1n) is 10.6. The van der Waals surface area contributed by atoms with E-state index in [1.54, 1.807) is 0 Å².